The third-order valence-corrected chi connectivity index (χ3v) is 4.50. The number of para-hydroxylation sites is 1. The molecule has 0 unspecified atom stereocenters. The van der Waals surface area contributed by atoms with Crippen molar-refractivity contribution in [3.05, 3.63) is 29.8 Å². The van der Waals surface area contributed by atoms with Gasteiger partial charge in [-0.2, -0.15) is 0 Å². The Morgan fingerprint density at radius 2 is 1.95 bits per heavy atom. The van der Waals surface area contributed by atoms with Crippen LogP contribution in [0.5, 0.6) is 0 Å². The molecular formula is C16H24N2O. The molecule has 0 heterocycles. The first-order chi connectivity index (χ1) is 9.09. The summed E-state index contributed by atoms with van der Waals surface area (Å²) in [5, 5.41) is 0. The number of benzene rings is 1. The highest BCUT2D eigenvalue weighted by atomic mass is 16.2. The zero-order chi connectivity index (χ0) is 13.9. The van der Waals surface area contributed by atoms with Gasteiger partial charge in [-0.3, -0.25) is 4.79 Å². The van der Waals surface area contributed by atoms with Crippen LogP contribution in [0.3, 0.4) is 0 Å². The lowest BCUT2D eigenvalue weighted by Crippen LogP contribution is -2.39. The number of carbonyl (C=O) groups excluding carboxylic acids is 1. The fourth-order valence-electron chi connectivity index (χ4n) is 3.18. The molecule has 1 aromatic carbocycles. The largest absolute Gasteiger partial charge is 0.398 e. The van der Waals surface area contributed by atoms with Crippen LogP contribution in [-0.4, -0.2) is 17.9 Å². The Balaban J connectivity index is 2.09. The summed E-state index contributed by atoms with van der Waals surface area (Å²) < 4.78 is 0. The number of nitrogen functional groups attached to an aromatic ring is 1. The Bertz CT molecular complexity index is 450. The molecule has 2 rings (SSSR count). The van der Waals surface area contributed by atoms with E-state index < -0.39 is 0 Å². The monoisotopic (exact) mass is 260 g/mol. The summed E-state index contributed by atoms with van der Waals surface area (Å²) in [6, 6.07) is 7.77. The van der Waals surface area contributed by atoms with Gasteiger partial charge < -0.3 is 10.6 Å². The minimum absolute atomic E-state index is 0.113. The van der Waals surface area contributed by atoms with Gasteiger partial charge in [0.1, 0.15) is 0 Å². The van der Waals surface area contributed by atoms with Gasteiger partial charge in [-0.05, 0) is 30.9 Å². The third-order valence-electron chi connectivity index (χ3n) is 4.50. The van der Waals surface area contributed by atoms with Crippen molar-refractivity contribution < 1.29 is 4.79 Å². The van der Waals surface area contributed by atoms with Gasteiger partial charge in [0.25, 0.3) is 0 Å². The van der Waals surface area contributed by atoms with Crippen molar-refractivity contribution in [2.45, 2.75) is 45.6 Å². The molecule has 1 aromatic rings. The van der Waals surface area contributed by atoms with Crippen molar-refractivity contribution in [3.8, 4) is 0 Å². The number of hydrogen-bond acceptors (Lipinski definition) is 2. The number of carbonyl (C=O) groups is 1. The second-order valence-electron chi connectivity index (χ2n) is 5.70. The van der Waals surface area contributed by atoms with E-state index in [1.807, 2.05) is 36.2 Å². The zero-order valence-corrected chi connectivity index (χ0v) is 12.0. The normalized spacial score (nSPS) is 17.4. The molecule has 0 spiro atoms. The molecule has 0 saturated heterocycles. The lowest BCUT2D eigenvalue weighted by Gasteiger charge is -2.31. The van der Waals surface area contributed by atoms with Crippen LogP contribution >= 0.6 is 0 Å². The maximum Gasteiger partial charge on any atom is 0.228 e. The molecule has 19 heavy (non-hydrogen) atoms. The van der Waals surface area contributed by atoms with Crippen LogP contribution in [0.25, 0.3) is 0 Å². The molecule has 0 aromatic heterocycles. The van der Waals surface area contributed by atoms with Gasteiger partial charge >= 0.3 is 0 Å². The van der Waals surface area contributed by atoms with Crippen molar-refractivity contribution in [1.29, 1.82) is 0 Å². The Morgan fingerprint density at radius 3 is 2.53 bits per heavy atom. The summed E-state index contributed by atoms with van der Waals surface area (Å²) in [7, 11) is 1.89. The SMILES string of the molecule is CCC1(C(=O)N(C)Cc2ccccc2N)CCCC1. The number of anilines is 1. The number of rotatable bonds is 4. The van der Waals surface area contributed by atoms with Crippen molar-refractivity contribution in [1.82, 2.24) is 4.90 Å². The van der Waals surface area contributed by atoms with E-state index in [0.717, 1.165) is 30.5 Å². The summed E-state index contributed by atoms with van der Waals surface area (Å²) in [5.74, 6) is 0.288. The van der Waals surface area contributed by atoms with Gasteiger partial charge in [0.2, 0.25) is 5.91 Å². The van der Waals surface area contributed by atoms with Gasteiger partial charge in [0, 0.05) is 24.7 Å². The van der Waals surface area contributed by atoms with Crippen LogP contribution in [0.15, 0.2) is 24.3 Å². The van der Waals surface area contributed by atoms with Gasteiger partial charge in [-0.25, -0.2) is 0 Å². The number of amides is 1. The number of nitrogens with zero attached hydrogens (tertiary/aromatic N) is 1. The fourth-order valence-corrected chi connectivity index (χ4v) is 3.18. The standard InChI is InChI=1S/C16H24N2O/c1-3-16(10-6-7-11-16)15(19)18(2)12-13-8-4-5-9-14(13)17/h4-5,8-9H,3,6-7,10-12,17H2,1-2H3. The van der Waals surface area contributed by atoms with E-state index in [1.54, 1.807) is 0 Å². The van der Waals surface area contributed by atoms with Crippen molar-refractivity contribution in [2.24, 2.45) is 5.41 Å². The van der Waals surface area contributed by atoms with Crippen LogP contribution in [0.4, 0.5) is 5.69 Å². The van der Waals surface area contributed by atoms with E-state index in [4.69, 9.17) is 5.73 Å². The zero-order valence-electron chi connectivity index (χ0n) is 12.0. The Labute approximate surface area is 115 Å². The molecule has 0 aliphatic heterocycles. The molecule has 0 bridgehead atoms. The first-order valence-corrected chi connectivity index (χ1v) is 7.18. The molecule has 3 heteroatoms. The predicted octanol–water partition coefficient (Wildman–Crippen LogP) is 3.20. The number of hydrogen-bond donors (Lipinski definition) is 1. The minimum atomic E-state index is -0.113. The summed E-state index contributed by atoms with van der Waals surface area (Å²) in [5.41, 5.74) is 7.63. The summed E-state index contributed by atoms with van der Waals surface area (Å²) in [6.07, 6.45) is 5.39. The molecule has 1 amide bonds. The topological polar surface area (TPSA) is 46.3 Å². The average Bonchev–Trinajstić information content (AvgIpc) is 2.90. The third kappa shape index (κ3) is 2.75. The van der Waals surface area contributed by atoms with E-state index in [1.165, 1.54) is 12.8 Å². The molecule has 0 atom stereocenters. The summed E-state index contributed by atoms with van der Waals surface area (Å²) in [4.78, 5) is 14.5. The molecule has 1 aliphatic rings. The Kier molecular flexibility index (Phi) is 4.13. The highest BCUT2D eigenvalue weighted by molar-refractivity contribution is 5.82. The quantitative estimate of drug-likeness (QED) is 0.845. The Morgan fingerprint density at radius 1 is 1.32 bits per heavy atom. The maximum atomic E-state index is 12.7. The maximum absolute atomic E-state index is 12.7. The van der Waals surface area contributed by atoms with E-state index in [-0.39, 0.29) is 11.3 Å². The van der Waals surface area contributed by atoms with Gasteiger partial charge in [-0.1, -0.05) is 38.0 Å². The second-order valence-corrected chi connectivity index (χ2v) is 5.70. The first kappa shape index (κ1) is 13.9. The van der Waals surface area contributed by atoms with Gasteiger partial charge in [0.15, 0.2) is 0 Å². The molecule has 1 aliphatic carbocycles. The fraction of sp³-hybridized carbons (Fsp3) is 0.562. The highest BCUT2D eigenvalue weighted by Gasteiger charge is 2.40. The van der Waals surface area contributed by atoms with Crippen molar-refractivity contribution in [3.63, 3.8) is 0 Å². The van der Waals surface area contributed by atoms with Crippen molar-refractivity contribution >= 4 is 11.6 Å². The molecule has 1 fully saturated rings. The molecular weight excluding hydrogens is 236 g/mol. The molecule has 0 radical (unpaired) electrons. The minimum Gasteiger partial charge on any atom is -0.398 e. The van der Waals surface area contributed by atoms with Crippen LogP contribution in [0.2, 0.25) is 0 Å². The van der Waals surface area contributed by atoms with E-state index in [0.29, 0.717) is 6.54 Å². The van der Waals surface area contributed by atoms with Crippen LogP contribution < -0.4 is 5.73 Å². The van der Waals surface area contributed by atoms with E-state index in [9.17, 15) is 4.79 Å². The highest BCUT2D eigenvalue weighted by Crippen LogP contribution is 2.42. The smallest absolute Gasteiger partial charge is 0.228 e. The predicted molar refractivity (Wildman–Crippen MR) is 78.5 cm³/mol. The molecule has 1 saturated carbocycles. The van der Waals surface area contributed by atoms with Crippen LogP contribution in [0.1, 0.15) is 44.6 Å². The van der Waals surface area contributed by atoms with Crippen molar-refractivity contribution in [2.75, 3.05) is 12.8 Å². The van der Waals surface area contributed by atoms with Gasteiger partial charge in [0.05, 0.1) is 0 Å². The van der Waals surface area contributed by atoms with Gasteiger partial charge in [-0.15, -0.1) is 0 Å². The summed E-state index contributed by atoms with van der Waals surface area (Å²) in [6.45, 7) is 2.74. The Hall–Kier alpha value is -1.51. The molecule has 104 valence electrons. The van der Waals surface area contributed by atoms with E-state index >= 15 is 0 Å². The van der Waals surface area contributed by atoms with Crippen LogP contribution in [-0.2, 0) is 11.3 Å². The average molecular weight is 260 g/mol. The lowest BCUT2D eigenvalue weighted by atomic mass is 9.82. The molecule has 3 nitrogen and oxygen atoms in total. The second kappa shape index (κ2) is 5.64. The van der Waals surface area contributed by atoms with E-state index in [2.05, 4.69) is 6.92 Å². The number of nitrogens with two attached hydrogens (primary N) is 1. The lowest BCUT2D eigenvalue weighted by molar-refractivity contribution is -0.141. The van der Waals surface area contributed by atoms with Crippen LogP contribution in [0, 0.1) is 5.41 Å². The molecule has 2 N–H and O–H groups in total. The summed E-state index contributed by atoms with van der Waals surface area (Å²) >= 11 is 0. The first-order valence-electron chi connectivity index (χ1n) is 7.18.